The molecule has 0 radical (unpaired) electrons. The molecule has 0 bridgehead atoms. The first-order chi connectivity index (χ1) is 8.27. The molecule has 0 aliphatic heterocycles. The molecular weight excluding hydrogens is 208 g/mol. The second-order valence-corrected chi connectivity index (χ2v) is 4.21. The Hall–Kier alpha value is -1.80. The van der Waals surface area contributed by atoms with Crippen LogP contribution in [0.25, 0.3) is 0 Å². The Bertz CT molecular complexity index is 465. The molecule has 0 atom stereocenters. The highest BCUT2D eigenvalue weighted by Gasteiger charge is 2.02. The van der Waals surface area contributed by atoms with Gasteiger partial charge in [-0.05, 0) is 36.6 Å². The molecule has 2 aromatic carbocycles. The summed E-state index contributed by atoms with van der Waals surface area (Å²) in [4.78, 5) is 0. The van der Waals surface area contributed by atoms with Gasteiger partial charge in [-0.3, -0.25) is 0 Å². The summed E-state index contributed by atoms with van der Waals surface area (Å²) in [5.74, 6) is 6.03. The fourth-order valence-electron chi connectivity index (χ4n) is 1.88. The van der Waals surface area contributed by atoms with Crippen molar-refractivity contribution >= 4 is 5.69 Å². The molecule has 0 aliphatic carbocycles. The highest BCUT2D eigenvalue weighted by molar-refractivity contribution is 5.44. The number of rotatable bonds is 4. The average molecular weight is 226 g/mol. The predicted octanol–water partition coefficient (Wildman–Crippen LogP) is 2.92. The number of hydrogen-bond donors (Lipinski definition) is 1. The number of benzene rings is 2. The number of anilines is 1. The Labute approximate surface area is 103 Å². The van der Waals surface area contributed by atoms with E-state index in [0.29, 0.717) is 0 Å². The van der Waals surface area contributed by atoms with Gasteiger partial charge in [-0.2, -0.15) is 0 Å². The Balaban J connectivity index is 1.97. The lowest BCUT2D eigenvalue weighted by Gasteiger charge is -2.19. The van der Waals surface area contributed by atoms with Gasteiger partial charge in [0, 0.05) is 6.54 Å². The third-order valence-corrected chi connectivity index (χ3v) is 2.97. The molecule has 0 heterocycles. The molecule has 88 valence electrons. The van der Waals surface area contributed by atoms with Crippen LogP contribution in [0.2, 0.25) is 0 Å². The molecule has 2 rings (SSSR count). The zero-order chi connectivity index (χ0) is 12.1. The second kappa shape index (κ2) is 5.51. The Kier molecular flexibility index (Phi) is 3.78. The zero-order valence-corrected chi connectivity index (χ0v) is 10.1. The topological polar surface area (TPSA) is 29.3 Å². The third-order valence-electron chi connectivity index (χ3n) is 2.97. The molecule has 2 aromatic rings. The molecule has 0 fully saturated rings. The van der Waals surface area contributed by atoms with Crippen molar-refractivity contribution in [1.82, 2.24) is 0 Å². The van der Waals surface area contributed by atoms with Crippen LogP contribution in [-0.4, -0.2) is 6.54 Å². The summed E-state index contributed by atoms with van der Waals surface area (Å²) in [6.07, 6.45) is 0.970. The molecule has 2 heteroatoms. The van der Waals surface area contributed by atoms with Crippen LogP contribution in [0.3, 0.4) is 0 Å². The largest absolute Gasteiger partial charge is 0.311 e. The van der Waals surface area contributed by atoms with Crippen molar-refractivity contribution in [2.45, 2.75) is 13.3 Å². The van der Waals surface area contributed by atoms with Crippen molar-refractivity contribution < 1.29 is 0 Å². The van der Waals surface area contributed by atoms with Gasteiger partial charge in [0.15, 0.2) is 0 Å². The fraction of sp³-hybridized carbons (Fsp3) is 0.200. The maximum absolute atomic E-state index is 6.03. The van der Waals surface area contributed by atoms with Crippen LogP contribution in [0.1, 0.15) is 11.1 Å². The van der Waals surface area contributed by atoms with E-state index in [-0.39, 0.29) is 0 Å². The van der Waals surface area contributed by atoms with Crippen LogP contribution in [0.5, 0.6) is 0 Å². The van der Waals surface area contributed by atoms with E-state index in [9.17, 15) is 0 Å². The van der Waals surface area contributed by atoms with Crippen LogP contribution >= 0.6 is 0 Å². The van der Waals surface area contributed by atoms with E-state index in [1.165, 1.54) is 11.1 Å². The molecule has 0 amide bonds. The quantitative estimate of drug-likeness (QED) is 0.641. The van der Waals surface area contributed by atoms with E-state index in [4.69, 9.17) is 5.84 Å². The number of aryl methyl sites for hydroxylation is 1. The highest BCUT2D eigenvalue weighted by Crippen LogP contribution is 2.12. The third kappa shape index (κ3) is 3.08. The zero-order valence-electron chi connectivity index (χ0n) is 10.1. The van der Waals surface area contributed by atoms with Crippen LogP contribution in [0, 0.1) is 6.92 Å². The summed E-state index contributed by atoms with van der Waals surface area (Å²) in [6, 6.07) is 18.5. The van der Waals surface area contributed by atoms with Crippen molar-refractivity contribution in [3.8, 4) is 0 Å². The lowest BCUT2D eigenvalue weighted by molar-refractivity contribution is 0.821. The Morgan fingerprint density at radius 2 is 1.59 bits per heavy atom. The molecule has 0 unspecified atom stereocenters. The van der Waals surface area contributed by atoms with Gasteiger partial charge >= 0.3 is 0 Å². The molecule has 17 heavy (non-hydrogen) atoms. The van der Waals surface area contributed by atoms with Gasteiger partial charge in [0.05, 0.1) is 5.69 Å². The molecule has 0 spiro atoms. The number of nitrogens with zero attached hydrogens (tertiary/aromatic N) is 1. The predicted molar refractivity (Wildman–Crippen MR) is 72.9 cm³/mol. The monoisotopic (exact) mass is 226 g/mol. The van der Waals surface area contributed by atoms with Crippen molar-refractivity contribution in [2.24, 2.45) is 5.84 Å². The first kappa shape index (κ1) is 11.7. The minimum atomic E-state index is 0.828. The maximum Gasteiger partial charge on any atom is 0.0517 e. The summed E-state index contributed by atoms with van der Waals surface area (Å²) >= 11 is 0. The number of nitrogens with two attached hydrogens (primary N) is 1. The van der Waals surface area contributed by atoms with Gasteiger partial charge in [0.2, 0.25) is 0 Å². The number of para-hydroxylation sites is 1. The van der Waals surface area contributed by atoms with E-state index >= 15 is 0 Å². The van der Waals surface area contributed by atoms with Crippen molar-refractivity contribution in [1.29, 1.82) is 0 Å². The number of hydrazine groups is 1. The van der Waals surface area contributed by atoms with Crippen LogP contribution in [-0.2, 0) is 6.42 Å². The summed E-state index contributed by atoms with van der Waals surface area (Å²) in [7, 11) is 0. The lowest BCUT2D eigenvalue weighted by atomic mass is 10.1. The van der Waals surface area contributed by atoms with Crippen molar-refractivity contribution in [3.05, 3.63) is 65.7 Å². The average Bonchev–Trinajstić information content (AvgIpc) is 2.38. The van der Waals surface area contributed by atoms with Gasteiger partial charge in [-0.25, -0.2) is 5.84 Å². The van der Waals surface area contributed by atoms with E-state index in [1.807, 2.05) is 30.3 Å². The van der Waals surface area contributed by atoms with Crippen LogP contribution in [0.15, 0.2) is 54.6 Å². The van der Waals surface area contributed by atoms with Gasteiger partial charge in [0.25, 0.3) is 0 Å². The van der Waals surface area contributed by atoms with Gasteiger partial charge < -0.3 is 5.01 Å². The fourth-order valence-corrected chi connectivity index (χ4v) is 1.88. The minimum absolute atomic E-state index is 0.828. The Morgan fingerprint density at radius 3 is 2.29 bits per heavy atom. The standard InChI is InChI=1S/C15H18N2/c1-13-7-5-6-8-14(13)11-12-17(16)15-9-3-2-4-10-15/h2-10H,11-12,16H2,1H3. The molecule has 2 N–H and O–H groups in total. The number of hydrogen-bond acceptors (Lipinski definition) is 2. The van der Waals surface area contributed by atoms with Gasteiger partial charge in [-0.15, -0.1) is 0 Å². The van der Waals surface area contributed by atoms with Crippen molar-refractivity contribution in [2.75, 3.05) is 11.6 Å². The Morgan fingerprint density at radius 1 is 0.941 bits per heavy atom. The maximum atomic E-state index is 6.03. The lowest BCUT2D eigenvalue weighted by Crippen LogP contribution is -2.32. The van der Waals surface area contributed by atoms with E-state index in [2.05, 4.69) is 31.2 Å². The molecular formula is C15H18N2. The van der Waals surface area contributed by atoms with Gasteiger partial charge in [0.1, 0.15) is 0 Å². The van der Waals surface area contributed by atoms with E-state index in [0.717, 1.165) is 18.7 Å². The van der Waals surface area contributed by atoms with E-state index < -0.39 is 0 Å². The second-order valence-electron chi connectivity index (χ2n) is 4.21. The normalized spacial score (nSPS) is 10.2. The SMILES string of the molecule is Cc1ccccc1CCN(N)c1ccccc1. The highest BCUT2D eigenvalue weighted by atomic mass is 15.4. The smallest absolute Gasteiger partial charge is 0.0517 e. The first-order valence-electron chi connectivity index (χ1n) is 5.89. The van der Waals surface area contributed by atoms with Crippen molar-refractivity contribution in [3.63, 3.8) is 0 Å². The molecule has 0 aliphatic rings. The summed E-state index contributed by atoms with van der Waals surface area (Å²) in [5.41, 5.74) is 3.74. The van der Waals surface area contributed by atoms with Crippen LogP contribution < -0.4 is 10.9 Å². The van der Waals surface area contributed by atoms with Crippen LogP contribution in [0.4, 0.5) is 5.69 Å². The minimum Gasteiger partial charge on any atom is -0.311 e. The van der Waals surface area contributed by atoms with E-state index in [1.54, 1.807) is 5.01 Å². The molecule has 0 saturated heterocycles. The molecule has 2 nitrogen and oxygen atoms in total. The summed E-state index contributed by atoms with van der Waals surface area (Å²) in [5, 5.41) is 1.80. The van der Waals surface area contributed by atoms with Gasteiger partial charge in [-0.1, -0.05) is 42.5 Å². The molecule has 0 saturated carbocycles. The first-order valence-corrected chi connectivity index (χ1v) is 5.89. The molecule has 0 aromatic heterocycles. The summed E-state index contributed by atoms with van der Waals surface area (Å²) < 4.78 is 0. The summed E-state index contributed by atoms with van der Waals surface area (Å²) in [6.45, 7) is 2.97.